The van der Waals surface area contributed by atoms with Gasteiger partial charge in [0.1, 0.15) is 23.3 Å². The summed E-state index contributed by atoms with van der Waals surface area (Å²) in [5.74, 6) is 1.37. The van der Waals surface area contributed by atoms with Crippen LogP contribution in [0.2, 0.25) is 0 Å². The molecule has 0 spiro atoms. The number of benzene rings is 2. The fraction of sp³-hybridized carbons (Fsp3) is 0.212. The molecule has 0 radical (unpaired) electrons. The maximum Gasteiger partial charge on any atom is 0.167 e. The van der Waals surface area contributed by atoms with Crippen molar-refractivity contribution in [3.8, 4) is 45.7 Å². The number of piperidine rings is 1. The lowest BCUT2D eigenvalue weighted by molar-refractivity contribution is 0.211. The van der Waals surface area contributed by atoms with Gasteiger partial charge in [-0.15, -0.1) is 0 Å². The van der Waals surface area contributed by atoms with E-state index in [9.17, 15) is 4.39 Å². The summed E-state index contributed by atoms with van der Waals surface area (Å²) >= 11 is 0. The van der Waals surface area contributed by atoms with E-state index in [-0.39, 0.29) is 17.6 Å². The number of rotatable bonds is 6. The lowest BCUT2D eigenvalue weighted by Crippen LogP contribution is -2.39. The molecule has 1 N–H and O–H groups in total. The Morgan fingerprint density at radius 2 is 1.76 bits per heavy atom. The Morgan fingerprint density at radius 1 is 0.952 bits per heavy atom. The number of hydrogen-bond acceptors (Lipinski definition) is 7. The molecule has 7 rings (SSSR count). The van der Waals surface area contributed by atoms with Crippen LogP contribution in [0.1, 0.15) is 24.1 Å². The molecular weight excluding hydrogens is 529 g/mol. The molecule has 0 bridgehead atoms. The monoisotopic (exact) mass is 557 g/mol. The van der Waals surface area contributed by atoms with Crippen LogP contribution >= 0.6 is 0 Å². The summed E-state index contributed by atoms with van der Waals surface area (Å²) < 4.78 is 22.4. The number of nitrogens with one attached hydrogen (secondary N) is 1. The molecule has 0 aliphatic carbocycles. The van der Waals surface area contributed by atoms with Crippen LogP contribution < -0.4 is 10.1 Å². The lowest BCUT2D eigenvalue weighted by atomic mass is 10.0. The number of aromatic nitrogens is 4. The number of imidazole rings is 1. The smallest absolute Gasteiger partial charge is 0.167 e. The highest BCUT2D eigenvalue weighted by molar-refractivity contribution is 5.83. The molecule has 0 atom stereocenters. The van der Waals surface area contributed by atoms with Crippen LogP contribution in [0.5, 0.6) is 5.75 Å². The number of pyridine rings is 2. The molecular formula is C33H28FN7O. The SMILES string of the molecule is N#Cc1ccc(F)c(NC2CCN(Cc3ccc(-c4nc5n(c4-c4ccccc4)COc4ccncc4-5)cc3)CC2)n1. The Bertz CT molecular complexity index is 1770. The van der Waals surface area contributed by atoms with Crippen LogP contribution in [0.3, 0.4) is 0 Å². The van der Waals surface area contributed by atoms with Crippen molar-refractivity contribution in [2.45, 2.75) is 32.2 Å². The van der Waals surface area contributed by atoms with Gasteiger partial charge in [-0.3, -0.25) is 14.5 Å². The molecule has 2 aliphatic rings. The van der Waals surface area contributed by atoms with Crippen molar-refractivity contribution in [3.63, 3.8) is 0 Å². The topological polar surface area (TPSA) is 91.9 Å². The van der Waals surface area contributed by atoms with Gasteiger partial charge in [0.25, 0.3) is 0 Å². The van der Waals surface area contributed by atoms with E-state index in [1.54, 1.807) is 6.20 Å². The third-order valence-corrected chi connectivity index (χ3v) is 7.91. The second-order valence-electron chi connectivity index (χ2n) is 10.6. The first kappa shape index (κ1) is 25.9. The standard InChI is InChI=1S/C33H28FN7O/c34-28-11-10-26(18-35)38-32(28)37-25-13-16-40(17-14-25)20-22-6-8-23(9-7-22)30-31(24-4-2-1-3-5-24)41-21-42-29-12-15-36-19-27(29)33(41)39-30/h1-12,15,19,25H,13-14,16-17,20-21H2,(H,37,38). The highest BCUT2D eigenvalue weighted by Gasteiger charge is 2.27. The van der Waals surface area contributed by atoms with Crippen molar-refractivity contribution in [1.29, 1.82) is 5.26 Å². The van der Waals surface area contributed by atoms with E-state index in [0.29, 0.717) is 6.73 Å². The Hall–Kier alpha value is -5.07. The van der Waals surface area contributed by atoms with Crippen molar-refractivity contribution >= 4 is 5.82 Å². The number of likely N-dealkylation sites (tertiary alicyclic amines) is 1. The number of anilines is 1. The Morgan fingerprint density at radius 3 is 2.55 bits per heavy atom. The molecule has 5 heterocycles. The molecule has 0 unspecified atom stereocenters. The summed E-state index contributed by atoms with van der Waals surface area (Å²) in [5.41, 5.74) is 6.38. The van der Waals surface area contributed by atoms with Gasteiger partial charge < -0.3 is 10.1 Å². The zero-order valence-corrected chi connectivity index (χ0v) is 22.9. The minimum Gasteiger partial charge on any atom is -0.472 e. The van der Waals surface area contributed by atoms with Crippen LogP contribution in [-0.2, 0) is 13.3 Å². The Balaban J connectivity index is 1.08. The molecule has 9 heteroatoms. The van der Waals surface area contributed by atoms with Crippen molar-refractivity contribution in [2.75, 3.05) is 18.4 Å². The third-order valence-electron chi connectivity index (χ3n) is 7.91. The van der Waals surface area contributed by atoms with E-state index in [2.05, 4.69) is 61.1 Å². The quantitative estimate of drug-likeness (QED) is 0.269. The number of ether oxygens (including phenoxy) is 1. The van der Waals surface area contributed by atoms with E-state index in [0.717, 1.165) is 72.1 Å². The van der Waals surface area contributed by atoms with Gasteiger partial charge in [0, 0.05) is 49.2 Å². The van der Waals surface area contributed by atoms with Crippen LogP contribution in [-0.4, -0.2) is 43.6 Å². The molecule has 42 heavy (non-hydrogen) atoms. The van der Waals surface area contributed by atoms with E-state index in [1.165, 1.54) is 17.7 Å². The minimum atomic E-state index is -0.432. The van der Waals surface area contributed by atoms with Crippen LogP contribution in [0.4, 0.5) is 10.2 Å². The zero-order chi connectivity index (χ0) is 28.5. The molecule has 2 aliphatic heterocycles. The van der Waals surface area contributed by atoms with Gasteiger partial charge in [-0.2, -0.15) is 5.26 Å². The van der Waals surface area contributed by atoms with Gasteiger partial charge in [0.15, 0.2) is 18.4 Å². The van der Waals surface area contributed by atoms with Crippen molar-refractivity contribution in [1.82, 2.24) is 24.4 Å². The van der Waals surface area contributed by atoms with E-state index >= 15 is 0 Å². The summed E-state index contributed by atoms with van der Waals surface area (Å²) in [6.45, 7) is 3.00. The average Bonchev–Trinajstić information content (AvgIpc) is 3.44. The lowest BCUT2D eigenvalue weighted by Gasteiger charge is -2.32. The molecule has 5 aromatic rings. The second kappa shape index (κ2) is 11.1. The number of nitrogens with zero attached hydrogens (tertiary/aromatic N) is 6. The van der Waals surface area contributed by atoms with Crippen LogP contribution in [0, 0.1) is 17.1 Å². The molecule has 1 saturated heterocycles. The van der Waals surface area contributed by atoms with Crippen LogP contribution in [0.15, 0.2) is 85.2 Å². The van der Waals surface area contributed by atoms with Gasteiger partial charge in [0.2, 0.25) is 0 Å². The summed E-state index contributed by atoms with van der Waals surface area (Å²) in [7, 11) is 0. The maximum atomic E-state index is 14.2. The highest BCUT2D eigenvalue weighted by atomic mass is 19.1. The summed E-state index contributed by atoms with van der Waals surface area (Å²) in [6.07, 6.45) is 5.29. The fourth-order valence-electron chi connectivity index (χ4n) is 5.74. The highest BCUT2D eigenvalue weighted by Crippen LogP contribution is 2.41. The normalized spacial score (nSPS) is 14.9. The van der Waals surface area contributed by atoms with Gasteiger partial charge in [-0.25, -0.2) is 14.4 Å². The van der Waals surface area contributed by atoms with Crippen molar-refractivity contribution in [3.05, 3.63) is 102 Å². The van der Waals surface area contributed by atoms with Crippen LogP contribution in [0.25, 0.3) is 33.9 Å². The molecule has 8 nitrogen and oxygen atoms in total. The predicted molar refractivity (Wildman–Crippen MR) is 158 cm³/mol. The molecule has 2 aromatic carbocycles. The summed E-state index contributed by atoms with van der Waals surface area (Å²) in [4.78, 5) is 15.9. The van der Waals surface area contributed by atoms with Crippen molar-refractivity contribution < 1.29 is 9.13 Å². The average molecular weight is 558 g/mol. The third kappa shape index (κ3) is 4.97. The number of fused-ring (bicyclic) bond motifs is 3. The number of halogens is 1. The van der Waals surface area contributed by atoms with Gasteiger partial charge in [-0.1, -0.05) is 54.6 Å². The number of hydrogen-bond donors (Lipinski definition) is 1. The number of nitriles is 1. The molecule has 208 valence electrons. The van der Waals surface area contributed by atoms with Gasteiger partial charge in [-0.05, 0) is 36.6 Å². The zero-order valence-electron chi connectivity index (χ0n) is 22.9. The summed E-state index contributed by atoms with van der Waals surface area (Å²) in [5, 5.41) is 12.3. The Labute approximate surface area is 243 Å². The molecule has 0 saturated carbocycles. The maximum absolute atomic E-state index is 14.2. The molecule has 1 fully saturated rings. The predicted octanol–water partition coefficient (Wildman–Crippen LogP) is 6.11. The van der Waals surface area contributed by atoms with Gasteiger partial charge in [0.05, 0.1) is 17.0 Å². The fourth-order valence-corrected chi connectivity index (χ4v) is 5.74. The van der Waals surface area contributed by atoms with Crippen molar-refractivity contribution in [2.24, 2.45) is 0 Å². The first-order valence-electron chi connectivity index (χ1n) is 14.0. The molecule has 0 amide bonds. The Kier molecular flexibility index (Phi) is 6.82. The first-order valence-corrected chi connectivity index (χ1v) is 14.0. The largest absolute Gasteiger partial charge is 0.472 e. The molecule has 3 aromatic heterocycles. The van der Waals surface area contributed by atoms with E-state index in [1.807, 2.05) is 36.5 Å². The van der Waals surface area contributed by atoms with E-state index in [4.69, 9.17) is 15.0 Å². The second-order valence-corrected chi connectivity index (χ2v) is 10.6. The van der Waals surface area contributed by atoms with Gasteiger partial charge >= 0.3 is 0 Å². The summed E-state index contributed by atoms with van der Waals surface area (Å²) in [6, 6.07) is 25.6. The first-order chi connectivity index (χ1) is 20.7. The minimum absolute atomic E-state index is 0.118. The van der Waals surface area contributed by atoms with E-state index < -0.39 is 5.82 Å².